The predicted molar refractivity (Wildman–Crippen MR) is 81.6 cm³/mol. The van der Waals surface area contributed by atoms with Gasteiger partial charge in [-0.2, -0.15) is 0 Å². The monoisotopic (exact) mass is 301 g/mol. The summed E-state index contributed by atoms with van der Waals surface area (Å²) in [6, 6.07) is 7.45. The molecule has 1 amide bonds. The Morgan fingerprint density at radius 1 is 1.41 bits per heavy atom. The van der Waals surface area contributed by atoms with E-state index in [2.05, 4.69) is 9.97 Å². The van der Waals surface area contributed by atoms with E-state index in [-0.39, 0.29) is 18.3 Å². The summed E-state index contributed by atoms with van der Waals surface area (Å²) in [5.41, 5.74) is 0.714. The first-order chi connectivity index (χ1) is 10.6. The third-order valence-corrected chi connectivity index (χ3v) is 4.59. The van der Waals surface area contributed by atoms with E-state index >= 15 is 0 Å². The van der Waals surface area contributed by atoms with Crippen molar-refractivity contribution in [2.24, 2.45) is 5.41 Å². The van der Waals surface area contributed by atoms with Gasteiger partial charge in [-0.05, 0) is 31.4 Å². The number of carbonyl (C=O) groups excluding carboxylic acids is 1. The molecule has 6 nitrogen and oxygen atoms in total. The van der Waals surface area contributed by atoms with Crippen molar-refractivity contribution >= 4 is 22.9 Å². The number of amides is 1. The van der Waals surface area contributed by atoms with E-state index in [1.807, 2.05) is 31.2 Å². The Balaban J connectivity index is 1.86. The fraction of sp³-hybridized carbons (Fsp3) is 0.438. The van der Waals surface area contributed by atoms with Crippen LogP contribution in [0, 0.1) is 5.41 Å². The molecule has 0 aliphatic carbocycles. The van der Waals surface area contributed by atoms with Gasteiger partial charge in [0.05, 0.1) is 16.4 Å². The number of benzene rings is 1. The van der Waals surface area contributed by atoms with Crippen LogP contribution in [0.15, 0.2) is 24.3 Å². The van der Waals surface area contributed by atoms with Crippen molar-refractivity contribution in [3.8, 4) is 0 Å². The molecule has 22 heavy (non-hydrogen) atoms. The third-order valence-electron chi connectivity index (χ3n) is 4.59. The number of piperidine rings is 1. The van der Waals surface area contributed by atoms with Crippen molar-refractivity contribution in [1.29, 1.82) is 0 Å². The number of likely N-dealkylation sites (tertiary alicyclic amines) is 1. The molecule has 0 saturated carbocycles. The van der Waals surface area contributed by atoms with E-state index in [9.17, 15) is 14.7 Å². The molecule has 2 N–H and O–H groups in total. The summed E-state index contributed by atoms with van der Waals surface area (Å²) in [5.74, 6) is -0.773. The zero-order valence-electron chi connectivity index (χ0n) is 12.5. The number of carbonyl (C=O) groups is 2. The highest BCUT2D eigenvalue weighted by Gasteiger charge is 2.42. The molecule has 6 heteroatoms. The maximum absolute atomic E-state index is 12.6. The lowest BCUT2D eigenvalue weighted by molar-refractivity contribution is -0.152. The van der Waals surface area contributed by atoms with Gasteiger partial charge in [0.15, 0.2) is 5.82 Å². The molecular weight excluding hydrogens is 282 g/mol. The lowest BCUT2D eigenvalue weighted by Gasteiger charge is -2.39. The van der Waals surface area contributed by atoms with Gasteiger partial charge in [0.1, 0.15) is 0 Å². The molecule has 0 radical (unpaired) electrons. The number of aromatic amines is 1. The second kappa shape index (κ2) is 5.44. The van der Waals surface area contributed by atoms with E-state index in [1.54, 1.807) is 4.90 Å². The number of hydrogen-bond acceptors (Lipinski definition) is 3. The summed E-state index contributed by atoms with van der Waals surface area (Å²) < 4.78 is 0. The number of rotatable bonds is 3. The van der Waals surface area contributed by atoms with Gasteiger partial charge in [0, 0.05) is 13.1 Å². The molecular formula is C16H19N3O3. The molecule has 3 rings (SSSR count). The Bertz CT molecular complexity index is 691. The molecule has 116 valence electrons. The summed E-state index contributed by atoms with van der Waals surface area (Å²) in [7, 11) is 0. The number of aliphatic carboxylic acids is 1. The molecule has 1 aliphatic heterocycles. The number of para-hydroxylation sites is 2. The maximum Gasteiger partial charge on any atom is 0.311 e. The first-order valence-corrected chi connectivity index (χ1v) is 7.53. The lowest BCUT2D eigenvalue weighted by atomic mass is 9.77. The number of nitrogens with zero attached hydrogens (tertiary/aromatic N) is 2. The summed E-state index contributed by atoms with van der Waals surface area (Å²) in [6.07, 6.45) is 1.83. The number of nitrogens with one attached hydrogen (secondary N) is 1. The van der Waals surface area contributed by atoms with Crippen LogP contribution in [-0.2, 0) is 4.79 Å². The number of hydrogen-bond donors (Lipinski definition) is 2. The van der Waals surface area contributed by atoms with E-state index in [4.69, 9.17) is 0 Å². The summed E-state index contributed by atoms with van der Waals surface area (Å²) in [4.78, 5) is 33.2. The number of aromatic nitrogens is 2. The van der Waals surface area contributed by atoms with E-state index in [0.29, 0.717) is 25.8 Å². The largest absolute Gasteiger partial charge is 0.481 e. The Morgan fingerprint density at radius 2 is 2.18 bits per heavy atom. The van der Waals surface area contributed by atoms with Gasteiger partial charge >= 0.3 is 5.97 Å². The normalized spacial score (nSPS) is 22.0. The molecule has 0 spiro atoms. The van der Waals surface area contributed by atoms with Crippen LogP contribution in [0.2, 0.25) is 0 Å². The minimum Gasteiger partial charge on any atom is -0.481 e. The Hall–Kier alpha value is -2.37. The van der Waals surface area contributed by atoms with Gasteiger partial charge in [-0.1, -0.05) is 19.1 Å². The Kier molecular flexibility index (Phi) is 3.60. The number of imidazole rings is 1. The van der Waals surface area contributed by atoms with Crippen molar-refractivity contribution < 1.29 is 14.7 Å². The Labute approximate surface area is 128 Å². The molecule has 2 heterocycles. The number of fused-ring (bicyclic) bond motifs is 1. The molecule has 1 fully saturated rings. The number of H-pyrrole nitrogens is 1. The number of carboxylic acids is 1. The van der Waals surface area contributed by atoms with Crippen molar-refractivity contribution in [2.45, 2.75) is 26.2 Å². The summed E-state index contributed by atoms with van der Waals surface area (Å²) >= 11 is 0. The summed E-state index contributed by atoms with van der Waals surface area (Å²) in [5, 5.41) is 9.51. The average Bonchev–Trinajstić information content (AvgIpc) is 2.98. The highest BCUT2D eigenvalue weighted by Crippen LogP contribution is 2.34. The van der Waals surface area contributed by atoms with Crippen molar-refractivity contribution in [3.05, 3.63) is 30.1 Å². The molecule has 1 saturated heterocycles. The molecule has 1 atom stereocenters. The second-order valence-electron chi connectivity index (χ2n) is 5.87. The molecule has 2 aromatic rings. The van der Waals surface area contributed by atoms with E-state index in [1.165, 1.54) is 0 Å². The first kappa shape index (κ1) is 14.6. The van der Waals surface area contributed by atoms with Crippen LogP contribution in [-0.4, -0.2) is 44.9 Å². The van der Waals surface area contributed by atoms with Crippen LogP contribution in [0.5, 0.6) is 0 Å². The van der Waals surface area contributed by atoms with Crippen LogP contribution < -0.4 is 0 Å². The van der Waals surface area contributed by atoms with Gasteiger partial charge in [0.25, 0.3) is 5.91 Å². The minimum absolute atomic E-state index is 0.227. The second-order valence-corrected chi connectivity index (χ2v) is 5.87. The predicted octanol–water partition coefficient (Wildman–Crippen LogP) is 2.28. The maximum atomic E-state index is 12.6. The average molecular weight is 301 g/mol. The van der Waals surface area contributed by atoms with Crippen molar-refractivity contribution in [2.75, 3.05) is 13.1 Å². The van der Waals surface area contributed by atoms with Crippen molar-refractivity contribution in [3.63, 3.8) is 0 Å². The smallest absolute Gasteiger partial charge is 0.311 e. The van der Waals surface area contributed by atoms with Gasteiger partial charge in [-0.15, -0.1) is 0 Å². The molecule has 1 unspecified atom stereocenters. The number of carboxylic acid groups (broad SMARTS) is 1. The fourth-order valence-corrected chi connectivity index (χ4v) is 3.12. The summed E-state index contributed by atoms with van der Waals surface area (Å²) in [6.45, 7) is 2.68. The van der Waals surface area contributed by atoms with Crippen LogP contribution in [0.4, 0.5) is 0 Å². The van der Waals surface area contributed by atoms with Crippen molar-refractivity contribution in [1.82, 2.24) is 14.9 Å². The topological polar surface area (TPSA) is 86.3 Å². The van der Waals surface area contributed by atoms with Crippen LogP contribution in [0.3, 0.4) is 0 Å². The first-order valence-electron chi connectivity index (χ1n) is 7.53. The quantitative estimate of drug-likeness (QED) is 0.910. The van der Waals surface area contributed by atoms with E-state index in [0.717, 1.165) is 11.0 Å². The highest BCUT2D eigenvalue weighted by atomic mass is 16.4. The van der Waals surface area contributed by atoms with Crippen LogP contribution >= 0.6 is 0 Å². The van der Waals surface area contributed by atoms with Gasteiger partial charge in [-0.25, -0.2) is 4.98 Å². The van der Waals surface area contributed by atoms with Crippen LogP contribution in [0.1, 0.15) is 36.8 Å². The lowest BCUT2D eigenvalue weighted by Crippen LogP contribution is -2.49. The van der Waals surface area contributed by atoms with Gasteiger partial charge in [0.2, 0.25) is 0 Å². The zero-order valence-corrected chi connectivity index (χ0v) is 12.5. The molecule has 1 aromatic heterocycles. The Morgan fingerprint density at radius 3 is 2.86 bits per heavy atom. The standard InChI is InChI=1S/C16H19N3O3/c1-2-16(15(21)22)8-5-9-19(10-16)14(20)13-17-11-6-3-4-7-12(11)18-13/h3-4,6-7H,2,5,8-10H2,1H3,(H,17,18)(H,21,22). The molecule has 1 aliphatic rings. The third kappa shape index (κ3) is 2.34. The molecule has 0 bridgehead atoms. The van der Waals surface area contributed by atoms with Gasteiger partial charge < -0.3 is 15.0 Å². The zero-order chi connectivity index (χ0) is 15.7. The highest BCUT2D eigenvalue weighted by molar-refractivity contribution is 5.94. The fourth-order valence-electron chi connectivity index (χ4n) is 3.12. The SMILES string of the molecule is CCC1(C(=O)O)CCCN(C(=O)c2nc3ccccc3[nH]2)C1. The van der Waals surface area contributed by atoms with Gasteiger partial charge in [-0.3, -0.25) is 9.59 Å². The van der Waals surface area contributed by atoms with Crippen LogP contribution in [0.25, 0.3) is 11.0 Å². The molecule has 1 aromatic carbocycles. The minimum atomic E-state index is -0.833. The van der Waals surface area contributed by atoms with E-state index < -0.39 is 11.4 Å².